The van der Waals surface area contributed by atoms with E-state index in [1.807, 2.05) is 6.92 Å². The van der Waals surface area contributed by atoms with Crippen molar-refractivity contribution in [1.29, 1.82) is 0 Å². The number of rotatable bonds is 6. The molecule has 0 aromatic carbocycles. The smallest absolute Gasteiger partial charge is 0.332 e. The molecular weight excluding hydrogens is 274 g/mol. The third kappa shape index (κ3) is 3.05. The van der Waals surface area contributed by atoms with Crippen molar-refractivity contribution >= 4 is 11.2 Å². The molecule has 8 nitrogen and oxygen atoms in total. The molecule has 0 aliphatic carbocycles. The van der Waals surface area contributed by atoms with Crippen LogP contribution in [0.5, 0.6) is 0 Å². The summed E-state index contributed by atoms with van der Waals surface area (Å²) in [5.74, 6) is 0. The third-order valence-electron chi connectivity index (χ3n) is 3.46. The van der Waals surface area contributed by atoms with Crippen molar-refractivity contribution in [2.24, 2.45) is 7.05 Å². The Morgan fingerprint density at radius 1 is 1.24 bits per heavy atom. The van der Waals surface area contributed by atoms with Gasteiger partial charge in [0.15, 0.2) is 11.2 Å². The molecule has 21 heavy (non-hydrogen) atoms. The molecule has 1 unspecified atom stereocenters. The van der Waals surface area contributed by atoms with Crippen molar-refractivity contribution in [2.45, 2.75) is 52.3 Å². The van der Waals surface area contributed by atoms with Gasteiger partial charge in [-0.15, -0.1) is 10.2 Å². The molecule has 0 aliphatic heterocycles. The zero-order valence-corrected chi connectivity index (χ0v) is 12.6. The Kier molecular flexibility index (Phi) is 4.56. The van der Waals surface area contributed by atoms with E-state index < -0.39 is 5.56 Å². The largest absolute Gasteiger partial charge is 0.393 e. The fraction of sp³-hybridized carbons (Fsp3) is 0.692. The van der Waals surface area contributed by atoms with Crippen molar-refractivity contribution in [3.8, 4) is 0 Å². The second-order valence-corrected chi connectivity index (χ2v) is 5.20. The maximum atomic E-state index is 12.3. The highest BCUT2D eigenvalue weighted by atomic mass is 16.3. The van der Waals surface area contributed by atoms with Gasteiger partial charge in [0, 0.05) is 13.6 Å². The van der Waals surface area contributed by atoms with E-state index in [1.54, 1.807) is 14.0 Å². The van der Waals surface area contributed by atoms with Crippen LogP contribution in [0.3, 0.4) is 0 Å². The van der Waals surface area contributed by atoms with Gasteiger partial charge in [-0.1, -0.05) is 0 Å². The van der Waals surface area contributed by atoms with Crippen LogP contribution in [0.4, 0.5) is 0 Å². The van der Waals surface area contributed by atoms with Crippen LogP contribution in [0.25, 0.3) is 11.2 Å². The SMILES string of the molecule is CCn1nc2c(=O)n(CCCCC(C)O)c(=O)n(C)c2n1. The molecule has 0 bridgehead atoms. The number of aliphatic hydroxyl groups excluding tert-OH is 1. The van der Waals surface area contributed by atoms with Crippen molar-refractivity contribution in [2.75, 3.05) is 0 Å². The van der Waals surface area contributed by atoms with Gasteiger partial charge >= 0.3 is 5.69 Å². The minimum atomic E-state index is -0.398. The summed E-state index contributed by atoms with van der Waals surface area (Å²) in [6.07, 6.45) is 1.71. The first-order chi connectivity index (χ1) is 9.95. The highest BCUT2D eigenvalue weighted by Gasteiger charge is 2.15. The Hall–Kier alpha value is -1.96. The Morgan fingerprint density at radius 2 is 1.95 bits per heavy atom. The van der Waals surface area contributed by atoms with Gasteiger partial charge in [-0.05, 0) is 33.1 Å². The van der Waals surface area contributed by atoms with Crippen molar-refractivity contribution in [3.05, 3.63) is 20.8 Å². The van der Waals surface area contributed by atoms with Crippen LogP contribution in [0, 0.1) is 0 Å². The molecule has 0 radical (unpaired) electrons. The quantitative estimate of drug-likeness (QED) is 0.749. The van der Waals surface area contributed by atoms with Gasteiger partial charge in [-0.2, -0.15) is 4.80 Å². The highest BCUT2D eigenvalue weighted by molar-refractivity contribution is 5.67. The summed E-state index contributed by atoms with van der Waals surface area (Å²) in [5.41, 5.74) is -0.251. The zero-order valence-electron chi connectivity index (χ0n) is 12.6. The number of hydrogen-bond donors (Lipinski definition) is 1. The van der Waals surface area contributed by atoms with Crippen LogP contribution < -0.4 is 11.2 Å². The van der Waals surface area contributed by atoms with Gasteiger partial charge in [0.05, 0.1) is 12.6 Å². The van der Waals surface area contributed by atoms with E-state index in [2.05, 4.69) is 10.2 Å². The lowest BCUT2D eigenvalue weighted by Crippen LogP contribution is -2.39. The maximum Gasteiger partial charge on any atom is 0.332 e. The van der Waals surface area contributed by atoms with Crippen LogP contribution >= 0.6 is 0 Å². The lowest BCUT2D eigenvalue weighted by molar-refractivity contribution is 0.180. The van der Waals surface area contributed by atoms with Gasteiger partial charge < -0.3 is 5.11 Å². The average molecular weight is 295 g/mol. The summed E-state index contributed by atoms with van der Waals surface area (Å²) in [6, 6.07) is 0. The maximum absolute atomic E-state index is 12.3. The van der Waals surface area contributed by atoms with Crippen molar-refractivity contribution < 1.29 is 5.11 Å². The topological polar surface area (TPSA) is 94.9 Å². The van der Waals surface area contributed by atoms with E-state index >= 15 is 0 Å². The van der Waals surface area contributed by atoms with Gasteiger partial charge in [0.25, 0.3) is 5.56 Å². The molecule has 1 N–H and O–H groups in total. The summed E-state index contributed by atoms with van der Waals surface area (Å²) in [7, 11) is 1.59. The fourth-order valence-corrected chi connectivity index (χ4v) is 2.24. The predicted octanol–water partition coefficient (Wildman–Crippen LogP) is -0.137. The second-order valence-electron chi connectivity index (χ2n) is 5.20. The predicted molar refractivity (Wildman–Crippen MR) is 78.2 cm³/mol. The molecule has 1 atom stereocenters. The number of aliphatic hydroxyl groups is 1. The van der Waals surface area contributed by atoms with Crippen LogP contribution in [0.15, 0.2) is 9.59 Å². The Bertz CT molecular complexity index is 741. The van der Waals surface area contributed by atoms with Gasteiger partial charge in [-0.3, -0.25) is 13.9 Å². The first-order valence-electron chi connectivity index (χ1n) is 7.18. The van der Waals surface area contributed by atoms with E-state index in [9.17, 15) is 14.7 Å². The minimum absolute atomic E-state index is 0.217. The number of fused-ring (bicyclic) bond motifs is 1. The molecule has 2 aromatic heterocycles. The Morgan fingerprint density at radius 3 is 2.57 bits per heavy atom. The summed E-state index contributed by atoms with van der Waals surface area (Å²) in [5, 5.41) is 17.5. The van der Waals surface area contributed by atoms with Crippen LogP contribution in [0.2, 0.25) is 0 Å². The lowest BCUT2D eigenvalue weighted by Gasteiger charge is -2.07. The molecule has 0 saturated heterocycles. The molecule has 0 amide bonds. The molecule has 2 heterocycles. The minimum Gasteiger partial charge on any atom is -0.393 e. The molecular formula is C13H21N5O3. The molecule has 8 heteroatoms. The molecule has 2 rings (SSSR count). The van der Waals surface area contributed by atoms with Crippen LogP contribution in [-0.2, 0) is 20.1 Å². The molecule has 0 fully saturated rings. The first kappa shape index (κ1) is 15.4. The van der Waals surface area contributed by atoms with E-state index in [0.717, 1.165) is 6.42 Å². The van der Waals surface area contributed by atoms with E-state index in [0.29, 0.717) is 31.6 Å². The fourth-order valence-electron chi connectivity index (χ4n) is 2.24. The summed E-state index contributed by atoms with van der Waals surface area (Å²) in [6.45, 7) is 4.45. The summed E-state index contributed by atoms with van der Waals surface area (Å²) >= 11 is 0. The number of unbranched alkanes of at least 4 members (excludes halogenated alkanes) is 1. The van der Waals surface area contributed by atoms with E-state index in [1.165, 1.54) is 13.9 Å². The number of nitrogens with zero attached hydrogens (tertiary/aromatic N) is 5. The van der Waals surface area contributed by atoms with E-state index in [4.69, 9.17) is 0 Å². The zero-order chi connectivity index (χ0) is 15.6. The van der Waals surface area contributed by atoms with Gasteiger partial charge in [0.1, 0.15) is 0 Å². The molecule has 0 saturated carbocycles. The van der Waals surface area contributed by atoms with Crippen molar-refractivity contribution in [1.82, 2.24) is 24.1 Å². The first-order valence-corrected chi connectivity index (χ1v) is 7.18. The summed E-state index contributed by atoms with van der Waals surface area (Å²) in [4.78, 5) is 26.0. The molecule has 0 spiro atoms. The monoisotopic (exact) mass is 295 g/mol. The molecule has 2 aromatic rings. The second kappa shape index (κ2) is 6.21. The van der Waals surface area contributed by atoms with Crippen molar-refractivity contribution in [3.63, 3.8) is 0 Å². The standard InChI is InChI=1S/C13H21N5O3/c1-4-18-14-10-11(15-18)16(3)13(21)17(12(10)20)8-6-5-7-9(2)19/h9,19H,4-8H2,1-3H3. The Labute approximate surface area is 121 Å². The van der Waals surface area contributed by atoms with Gasteiger partial charge in [-0.25, -0.2) is 4.79 Å². The van der Waals surface area contributed by atoms with E-state index in [-0.39, 0.29) is 17.3 Å². The Balaban J connectivity index is 2.35. The average Bonchev–Trinajstić information content (AvgIpc) is 2.88. The van der Waals surface area contributed by atoms with Crippen LogP contribution in [0.1, 0.15) is 33.1 Å². The highest BCUT2D eigenvalue weighted by Crippen LogP contribution is 2.03. The normalized spacial score (nSPS) is 13.0. The summed E-state index contributed by atoms with van der Waals surface area (Å²) < 4.78 is 2.55. The number of aromatic nitrogens is 5. The van der Waals surface area contributed by atoms with Gasteiger partial charge in [0.2, 0.25) is 0 Å². The molecule has 116 valence electrons. The lowest BCUT2D eigenvalue weighted by atomic mass is 10.2. The number of aryl methyl sites for hydroxylation is 2. The molecule has 0 aliphatic rings. The van der Waals surface area contributed by atoms with Crippen LogP contribution in [-0.4, -0.2) is 35.3 Å². The third-order valence-corrected chi connectivity index (χ3v) is 3.46. The number of hydrogen-bond acceptors (Lipinski definition) is 5.